The van der Waals surface area contributed by atoms with Gasteiger partial charge in [-0.2, -0.15) is 5.10 Å². The molecular formula is C10H10ClFN2. The van der Waals surface area contributed by atoms with E-state index in [1.165, 1.54) is 6.07 Å². The largest absolute Gasteiger partial charge is 0.269 e. The van der Waals surface area contributed by atoms with Gasteiger partial charge in [0.15, 0.2) is 0 Å². The molecule has 0 aliphatic heterocycles. The molecule has 0 bridgehead atoms. The van der Waals surface area contributed by atoms with Crippen molar-refractivity contribution < 1.29 is 4.39 Å². The third-order valence-electron chi connectivity index (χ3n) is 2.12. The molecule has 0 radical (unpaired) electrons. The molecule has 1 aromatic carbocycles. The van der Waals surface area contributed by atoms with E-state index in [0.717, 1.165) is 5.39 Å². The van der Waals surface area contributed by atoms with E-state index in [0.29, 0.717) is 5.52 Å². The first-order valence-electron chi connectivity index (χ1n) is 4.42. The van der Waals surface area contributed by atoms with Crippen LogP contribution >= 0.6 is 11.6 Å². The van der Waals surface area contributed by atoms with Crippen molar-refractivity contribution in [1.29, 1.82) is 0 Å². The number of hydrogen-bond acceptors (Lipinski definition) is 1. The minimum absolute atomic E-state index is 0.0990. The van der Waals surface area contributed by atoms with Crippen molar-refractivity contribution in [3.8, 4) is 0 Å². The zero-order valence-corrected chi connectivity index (χ0v) is 8.72. The van der Waals surface area contributed by atoms with Crippen LogP contribution in [0.5, 0.6) is 0 Å². The van der Waals surface area contributed by atoms with Gasteiger partial charge in [-0.25, -0.2) is 4.39 Å². The first-order chi connectivity index (χ1) is 6.59. The van der Waals surface area contributed by atoms with Crippen molar-refractivity contribution in [2.75, 3.05) is 0 Å². The van der Waals surface area contributed by atoms with Crippen LogP contribution in [0, 0.1) is 5.82 Å². The van der Waals surface area contributed by atoms with Crippen LogP contribution in [0.25, 0.3) is 10.9 Å². The summed E-state index contributed by atoms with van der Waals surface area (Å²) >= 11 is 5.79. The van der Waals surface area contributed by atoms with Gasteiger partial charge in [0, 0.05) is 17.6 Å². The summed E-state index contributed by atoms with van der Waals surface area (Å²) in [7, 11) is 0. The van der Waals surface area contributed by atoms with E-state index in [1.807, 2.05) is 20.0 Å². The predicted molar refractivity (Wildman–Crippen MR) is 55.1 cm³/mol. The molecule has 0 spiro atoms. The topological polar surface area (TPSA) is 17.8 Å². The molecule has 74 valence electrons. The van der Waals surface area contributed by atoms with Crippen LogP contribution in [0.2, 0.25) is 5.02 Å². The summed E-state index contributed by atoms with van der Waals surface area (Å²) in [6, 6.07) is 3.29. The molecule has 0 aliphatic carbocycles. The molecule has 14 heavy (non-hydrogen) atoms. The highest BCUT2D eigenvalue weighted by Gasteiger charge is 2.10. The summed E-state index contributed by atoms with van der Waals surface area (Å²) in [5, 5.41) is 5.18. The van der Waals surface area contributed by atoms with Crippen LogP contribution in [-0.4, -0.2) is 9.78 Å². The summed E-state index contributed by atoms with van der Waals surface area (Å²) < 4.78 is 14.9. The van der Waals surface area contributed by atoms with Crippen LogP contribution in [0.4, 0.5) is 4.39 Å². The van der Waals surface area contributed by atoms with Gasteiger partial charge < -0.3 is 0 Å². The number of aromatic nitrogens is 2. The van der Waals surface area contributed by atoms with Gasteiger partial charge in [0.05, 0.1) is 0 Å². The first kappa shape index (κ1) is 9.46. The fourth-order valence-electron chi connectivity index (χ4n) is 1.31. The number of halogens is 2. The molecule has 0 amide bonds. The van der Waals surface area contributed by atoms with Crippen LogP contribution in [0.15, 0.2) is 18.3 Å². The maximum Gasteiger partial charge on any atom is 0.144 e. The molecule has 0 N–H and O–H groups in total. The SMILES string of the molecule is CC(C)n1cc2ccc(F)c(Cl)c2n1. The highest BCUT2D eigenvalue weighted by molar-refractivity contribution is 6.35. The second-order valence-electron chi connectivity index (χ2n) is 3.50. The molecule has 0 saturated carbocycles. The maximum atomic E-state index is 13.1. The molecule has 2 aromatic rings. The van der Waals surface area contributed by atoms with E-state index in [1.54, 1.807) is 10.7 Å². The lowest BCUT2D eigenvalue weighted by atomic mass is 10.2. The van der Waals surface area contributed by atoms with Crippen molar-refractivity contribution in [1.82, 2.24) is 9.78 Å². The van der Waals surface area contributed by atoms with Crippen LogP contribution in [0.1, 0.15) is 19.9 Å². The standard InChI is InChI=1S/C10H10ClFN2/c1-6(2)14-5-7-3-4-8(12)9(11)10(7)13-14/h3-6H,1-2H3. The van der Waals surface area contributed by atoms with Gasteiger partial charge in [-0.3, -0.25) is 4.68 Å². The lowest BCUT2D eigenvalue weighted by molar-refractivity contribution is 0.537. The summed E-state index contributed by atoms with van der Waals surface area (Å²) in [6.07, 6.45) is 1.87. The first-order valence-corrected chi connectivity index (χ1v) is 4.80. The van der Waals surface area contributed by atoms with Gasteiger partial charge in [0.2, 0.25) is 0 Å². The Labute approximate surface area is 86.3 Å². The van der Waals surface area contributed by atoms with Gasteiger partial charge in [0.25, 0.3) is 0 Å². The number of fused-ring (bicyclic) bond motifs is 1. The zero-order valence-electron chi connectivity index (χ0n) is 7.96. The Morgan fingerprint density at radius 3 is 2.79 bits per heavy atom. The Kier molecular flexibility index (Phi) is 2.19. The number of rotatable bonds is 1. The maximum absolute atomic E-state index is 13.1. The Bertz CT molecular complexity index is 476. The molecule has 1 heterocycles. The van der Waals surface area contributed by atoms with Gasteiger partial charge in [-0.05, 0) is 26.0 Å². The Hall–Kier alpha value is -1.09. The van der Waals surface area contributed by atoms with Gasteiger partial charge in [-0.15, -0.1) is 0 Å². The zero-order chi connectivity index (χ0) is 10.3. The molecule has 0 unspecified atom stereocenters. The minimum atomic E-state index is -0.423. The number of nitrogens with zero attached hydrogens (tertiary/aromatic N) is 2. The highest BCUT2D eigenvalue weighted by Crippen LogP contribution is 2.25. The second kappa shape index (κ2) is 3.24. The quantitative estimate of drug-likeness (QED) is 0.709. The lowest BCUT2D eigenvalue weighted by Gasteiger charge is -2.02. The van der Waals surface area contributed by atoms with E-state index < -0.39 is 5.82 Å². The molecule has 0 aliphatic rings. The Morgan fingerprint density at radius 1 is 1.43 bits per heavy atom. The van der Waals surface area contributed by atoms with Crippen molar-refractivity contribution in [2.24, 2.45) is 0 Å². The average molecular weight is 213 g/mol. The molecule has 0 saturated heterocycles. The Morgan fingerprint density at radius 2 is 2.14 bits per heavy atom. The van der Waals surface area contributed by atoms with E-state index in [2.05, 4.69) is 5.10 Å². The van der Waals surface area contributed by atoms with Crippen molar-refractivity contribution in [3.63, 3.8) is 0 Å². The summed E-state index contributed by atoms with van der Waals surface area (Å²) in [5.74, 6) is -0.423. The fraction of sp³-hybridized carbons (Fsp3) is 0.300. The van der Waals surface area contributed by atoms with E-state index in [4.69, 9.17) is 11.6 Å². The van der Waals surface area contributed by atoms with Crippen LogP contribution in [0.3, 0.4) is 0 Å². The fourth-order valence-corrected chi connectivity index (χ4v) is 1.52. The summed E-state index contributed by atoms with van der Waals surface area (Å²) in [5.41, 5.74) is 0.528. The number of benzene rings is 1. The van der Waals surface area contributed by atoms with E-state index in [-0.39, 0.29) is 11.1 Å². The summed E-state index contributed by atoms with van der Waals surface area (Å²) in [4.78, 5) is 0. The third-order valence-corrected chi connectivity index (χ3v) is 2.48. The average Bonchev–Trinajstić information content (AvgIpc) is 2.56. The molecule has 0 fully saturated rings. The van der Waals surface area contributed by atoms with Crippen molar-refractivity contribution in [3.05, 3.63) is 29.2 Å². The normalized spacial score (nSPS) is 11.5. The third kappa shape index (κ3) is 1.38. The highest BCUT2D eigenvalue weighted by atomic mass is 35.5. The Balaban J connectivity index is 2.71. The van der Waals surface area contributed by atoms with Crippen molar-refractivity contribution >= 4 is 22.5 Å². The monoisotopic (exact) mass is 212 g/mol. The lowest BCUT2D eigenvalue weighted by Crippen LogP contribution is -2.00. The molecule has 2 nitrogen and oxygen atoms in total. The second-order valence-corrected chi connectivity index (χ2v) is 3.88. The van der Waals surface area contributed by atoms with E-state index in [9.17, 15) is 4.39 Å². The molecule has 1 aromatic heterocycles. The number of hydrogen-bond donors (Lipinski definition) is 0. The van der Waals surface area contributed by atoms with Gasteiger partial charge >= 0.3 is 0 Å². The van der Waals surface area contributed by atoms with Crippen LogP contribution in [-0.2, 0) is 0 Å². The predicted octanol–water partition coefficient (Wildman–Crippen LogP) is 3.41. The minimum Gasteiger partial charge on any atom is -0.269 e. The summed E-state index contributed by atoms with van der Waals surface area (Å²) in [6.45, 7) is 4.02. The smallest absolute Gasteiger partial charge is 0.144 e. The van der Waals surface area contributed by atoms with Crippen LogP contribution < -0.4 is 0 Å². The van der Waals surface area contributed by atoms with E-state index >= 15 is 0 Å². The molecular weight excluding hydrogens is 203 g/mol. The van der Waals surface area contributed by atoms with Gasteiger partial charge in [-0.1, -0.05) is 11.6 Å². The molecule has 4 heteroatoms. The van der Waals surface area contributed by atoms with Crippen molar-refractivity contribution in [2.45, 2.75) is 19.9 Å². The molecule has 2 rings (SSSR count). The van der Waals surface area contributed by atoms with Gasteiger partial charge in [0.1, 0.15) is 16.4 Å². The molecule has 0 atom stereocenters.